The second kappa shape index (κ2) is 17.0. The first-order valence-corrected chi connectivity index (χ1v) is 15.1. The maximum Gasteiger partial charge on any atom is 0.227 e. The van der Waals surface area contributed by atoms with E-state index in [1.807, 2.05) is 127 Å². The summed E-state index contributed by atoms with van der Waals surface area (Å²) in [5.74, 6) is 1.13. The lowest BCUT2D eigenvalue weighted by molar-refractivity contribution is 0.165. The van der Waals surface area contributed by atoms with Crippen molar-refractivity contribution >= 4 is 12.2 Å². The number of aliphatic hydroxyl groups is 1. The van der Waals surface area contributed by atoms with Gasteiger partial charge in [0.1, 0.15) is 13.2 Å². The van der Waals surface area contributed by atoms with Gasteiger partial charge in [-0.05, 0) is 28.3 Å². The van der Waals surface area contributed by atoms with Gasteiger partial charge in [0.2, 0.25) is 22.4 Å². The van der Waals surface area contributed by atoms with Crippen molar-refractivity contribution in [3.05, 3.63) is 200 Å². The van der Waals surface area contributed by atoms with Crippen molar-refractivity contribution in [1.82, 2.24) is 0 Å². The fourth-order valence-corrected chi connectivity index (χ4v) is 4.58. The Morgan fingerprint density at radius 1 is 0.574 bits per heavy atom. The van der Waals surface area contributed by atoms with Gasteiger partial charge in [-0.25, -0.2) is 0 Å². The standard InChI is InChI=1S/C20H18O4.C20H16O3/c21-17-11-12-23-19(13-18(22)16-9-5-2-6-10-16)20(17)24-14-15-7-3-1-4-8-15;21-18-13-14-22-19(12-11-16-7-3-1-4-8-16)20(18)23-15-17-9-5-2-6-10-17/h1-12,18,22H,13-14H2;1-14H,15H2/b;12-11+. The van der Waals surface area contributed by atoms with Gasteiger partial charge in [-0.3, -0.25) is 9.59 Å². The van der Waals surface area contributed by atoms with Crippen LogP contribution in [0, 0.1) is 0 Å². The zero-order chi connectivity index (χ0) is 32.7. The van der Waals surface area contributed by atoms with E-state index in [2.05, 4.69) is 0 Å². The zero-order valence-corrected chi connectivity index (χ0v) is 25.6. The second-order valence-electron chi connectivity index (χ2n) is 10.4. The second-order valence-corrected chi connectivity index (χ2v) is 10.4. The normalized spacial score (nSPS) is 11.3. The predicted octanol–water partition coefficient (Wildman–Crippen LogP) is 7.88. The summed E-state index contributed by atoms with van der Waals surface area (Å²) >= 11 is 0. The van der Waals surface area contributed by atoms with Crippen LogP contribution in [-0.4, -0.2) is 5.11 Å². The highest BCUT2D eigenvalue weighted by molar-refractivity contribution is 5.69. The first-order chi connectivity index (χ1) is 23.1. The maximum atomic E-state index is 12.1. The molecular formula is C40H34O7. The van der Waals surface area contributed by atoms with Crippen LogP contribution in [0.1, 0.15) is 39.9 Å². The summed E-state index contributed by atoms with van der Waals surface area (Å²) in [4.78, 5) is 24.2. The number of benzene rings is 4. The molecule has 0 saturated heterocycles. The van der Waals surface area contributed by atoms with Crippen LogP contribution in [0.25, 0.3) is 12.2 Å². The molecule has 0 fully saturated rings. The smallest absolute Gasteiger partial charge is 0.227 e. The van der Waals surface area contributed by atoms with E-state index in [-0.39, 0.29) is 35.4 Å². The van der Waals surface area contributed by atoms with Crippen LogP contribution in [0.3, 0.4) is 0 Å². The minimum Gasteiger partial charge on any atom is -0.482 e. The predicted molar refractivity (Wildman–Crippen MR) is 182 cm³/mol. The Bertz CT molecular complexity index is 1950. The Morgan fingerprint density at radius 3 is 1.66 bits per heavy atom. The van der Waals surface area contributed by atoms with Crippen LogP contribution >= 0.6 is 0 Å². The Morgan fingerprint density at radius 2 is 1.06 bits per heavy atom. The topological polar surface area (TPSA) is 99.1 Å². The quantitative estimate of drug-likeness (QED) is 0.156. The molecule has 1 N–H and O–H groups in total. The molecule has 6 rings (SSSR count). The lowest BCUT2D eigenvalue weighted by Gasteiger charge is -2.13. The van der Waals surface area contributed by atoms with E-state index in [0.717, 1.165) is 22.3 Å². The van der Waals surface area contributed by atoms with Crippen LogP contribution in [0.4, 0.5) is 0 Å². The van der Waals surface area contributed by atoms with E-state index in [9.17, 15) is 14.7 Å². The number of hydrogen-bond acceptors (Lipinski definition) is 7. The number of ether oxygens (including phenoxy) is 2. The summed E-state index contributed by atoms with van der Waals surface area (Å²) in [5, 5.41) is 10.4. The van der Waals surface area contributed by atoms with Crippen molar-refractivity contribution in [3.8, 4) is 11.5 Å². The molecule has 0 aliphatic rings. The van der Waals surface area contributed by atoms with E-state index in [1.54, 1.807) is 6.08 Å². The van der Waals surface area contributed by atoms with Crippen molar-refractivity contribution in [2.45, 2.75) is 25.7 Å². The molecule has 0 saturated carbocycles. The third kappa shape index (κ3) is 9.78. The van der Waals surface area contributed by atoms with Crippen molar-refractivity contribution in [1.29, 1.82) is 0 Å². The van der Waals surface area contributed by atoms with Gasteiger partial charge in [0.25, 0.3) is 0 Å². The first kappa shape index (κ1) is 32.5. The van der Waals surface area contributed by atoms with Gasteiger partial charge in [0, 0.05) is 18.6 Å². The molecule has 0 amide bonds. The Labute approximate surface area is 272 Å². The average Bonchev–Trinajstić information content (AvgIpc) is 3.12. The Hall–Kier alpha value is -5.92. The van der Waals surface area contributed by atoms with Crippen LogP contribution in [-0.2, 0) is 19.6 Å². The van der Waals surface area contributed by atoms with Crippen molar-refractivity contribution < 1.29 is 23.4 Å². The van der Waals surface area contributed by atoms with Gasteiger partial charge >= 0.3 is 0 Å². The highest BCUT2D eigenvalue weighted by Crippen LogP contribution is 2.23. The molecule has 2 aromatic heterocycles. The highest BCUT2D eigenvalue weighted by Gasteiger charge is 2.17. The zero-order valence-electron chi connectivity index (χ0n) is 25.6. The van der Waals surface area contributed by atoms with Gasteiger partial charge in [-0.15, -0.1) is 0 Å². The van der Waals surface area contributed by atoms with Crippen molar-refractivity contribution in [3.63, 3.8) is 0 Å². The SMILES string of the molecule is O=c1ccoc(/C=C/c2ccccc2)c1OCc1ccccc1.O=c1ccoc(CC(O)c2ccccc2)c1OCc1ccccc1. The molecule has 0 spiro atoms. The average molecular weight is 627 g/mol. The van der Waals surface area contributed by atoms with Gasteiger partial charge < -0.3 is 23.4 Å². The highest BCUT2D eigenvalue weighted by atomic mass is 16.5. The molecule has 4 aromatic carbocycles. The van der Waals surface area contributed by atoms with E-state index < -0.39 is 6.10 Å². The third-order valence-corrected chi connectivity index (χ3v) is 7.01. The van der Waals surface area contributed by atoms with Gasteiger partial charge in [0.05, 0.1) is 18.6 Å². The summed E-state index contributed by atoms with van der Waals surface area (Å²) in [6, 6.07) is 41.0. The molecule has 236 valence electrons. The lowest BCUT2D eigenvalue weighted by atomic mass is 10.0. The van der Waals surface area contributed by atoms with E-state index in [4.69, 9.17) is 18.3 Å². The van der Waals surface area contributed by atoms with Crippen LogP contribution in [0.2, 0.25) is 0 Å². The monoisotopic (exact) mass is 626 g/mol. The molecule has 7 heteroatoms. The lowest BCUT2D eigenvalue weighted by Crippen LogP contribution is -2.12. The molecule has 0 aliphatic carbocycles. The summed E-state index contributed by atoms with van der Waals surface area (Å²) < 4.78 is 22.2. The van der Waals surface area contributed by atoms with E-state index >= 15 is 0 Å². The molecule has 7 nitrogen and oxygen atoms in total. The molecule has 0 radical (unpaired) electrons. The van der Waals surface area contributed by atoms with E-state index in [0.29, 0.717) is 18.1 Å². The molecule has 6 aromatic rings. The van der Waals surface area contributed by atoms with Crippen LogP contribution in [0.15, 0.2) is 164 Å². The van der Waals surface area contributed by atoms with Crippen LogP contribution < -0.4 is 20.3 Å². The molecule has 2 heterocycles. The maximum absolute atomic E-state index is 12.1. The van der Waals surface area contributed by atoms with Crippen molar-refractivity contribution in [2.75, 3.05) is 0 Å². The number of hydrogen-bond donors (Lipinski definition) is 1. The first-order valence-electron chi connectivity index (χ1n) is 15.1. The van der Waals surface area contributed by atoms with Crippen LogP contribution in [0.5, 0.6) is 11.5 Å². The Balaban J connectivity index is 0.000000185. The third-order valence-electron chi connectivity index (χ3n) is 7.01. The summed E-state index contributed by atoms with van der Waals surface area (Å²) in [6.45, 7) is 0.589. The fraction of sp³-hybridized carbons (Fsp3) is 0.100. The number of rotatable bonds is 11. The molecular weight excluding hydrogens is 592 g/mol. The van der Waals surface area contributed by atoms with Gasteiger partial charge in [-0.2, -0.15) is 0 Å². The summed E-state index contributed by atoms with van der Waals surface area (Å²) in [7, 11) is 0. The Kier molecular flexibility index (Phi) is 11.7. The minimum atomic E-state index is -0.768. The number of aliphatic hydroxyl groups excluding tert-OH is 1. The molecule has 1 unspecified atom stereocenters. The van der Waals surface area contributed by atoms with Gasteiger partial charge in [0.15, 0.2) is 11.5 Å². The molecule has 0 aliphatic heterocycles. The summed E-state index contributed by atoms with van der Waals surface area (Å²) in [6.07, 6.45) is 5.73. The molecule has 0 bridgehead atoms. The largest absolute Gasteiger partial charge is 0.482 e. The fourth-order valence-electron chi connectivity index (χ4n) is 4.58. The molecule has 47 heavy (non-hydrogen) atoms. The van der Waals surface area contributed by atoms with E-state index in [1.165, 1.54) is 24.7 Å². The molecule has 1 atom stereocenters. The summed E-state index contributed by atoms with van der Waals surface area (Å²) in [5.41, 5.74) is 3.28. The van der Waals surface area contributed by atoms with Crippen molar-refractivity contribution in [2.24, 2.45) is 0 Å². The minimum absolute atomic E-state index is 0.149. The van der Waals surface area contributed by atoms with Gasteiger partial charge in [-0.1, -0.05) is 127 Å².